The number of rotatable bonds is 2. The fraction of sp³-hybridized carbons (Fsp3) is 0.857. The predicted molar refractivity (Wildman–Crippen MR) is 41.6 cm³/mol. The van der Waals surface area contributed by atoms with Crippen LogP contribution in [0.4, 0.5) is 0 Å². The van der Waals surface area contributed by atoms with Gasteiger partial charge in [-0.1, -0.05) is 13.8 Å². The molecule has 0 aromatic carbocycles. The van der Waals surface area contributed by atoms with E-state index in [9.17, 15) is 0 Å². The fourth-order valence-electron chi connectivity index (χ4n) is 0.431. The Morgan fingerprint density at radius 1 is 1.33 bits per heavy atom. The van der Waals surface area contributed by atoms with E-state index in [-0.39, 0.29) is 0 Å². The second-order valence-electron chi connectivity index (χ2n) is 2.74. The Morgan fingerprint density at radius 2 is 1.78 bits per heavy atom. The van der Waals surface area contributed by atoms with Gasteiger partial charge in [0.05, 0.1) is 0 Å². The highest BCUT2D eigenvalue weighted by molar-refractivity contribution is 5.83. The molecule has 0 atom stereocenters. The van der Waals surface area contributed by atoms with Gasteiger partial charge in [0, 0.05) is 19.8 Å². The largest absolute Gasteiger partial charge is 0.303 e. The Labute approximate surface area is 57.6 Å². The van der Waals surface area contributed by atoms with E-state index >= 15 is 0 Å². The Balaban J connectivity index is 3.84. The van der Waals surface area contributed by atoms with Crippen LogP contribution in [-0.4, -0.2) is 24.8 Å². The van der Waals surface area contributed by atoms with E-state index in [0.717, 1.165) is 0 Å². The minimum Gasteiger partial charge on any atom is -0.303 e. The summed E-state index contributed by atoms with van der Waals surface area (Å²) in [6.07, 6.45) is 0. The number of hydrazone groups is 1. The fourth-order valence-corrected chi connectivity index (χ4v) is 0.431. The van der Waals surface area contributed by atoms with Crippen LogP contribution in [0.5, 0.6) is 0 Å². The highest BCUT2D eigenvalue weighted by Gasteiger charge is 1.96. The number of hydrogen-bond donors (Lipinski definition) is 0. The van der Waals surface area contributed by atoms with Crippen molar-refractivity contribution >= 4 is 5.71 Å². The number of nitrogens with zero attached hydrogens (tertiary/aromatic N) is 2. The van der Waals surface area contributed by atoms with Crippen molar-refractivity contribution < 1.29 is 0 Å². The minimum atomic E-state index is 0.562. The molecule has 0 aromatic rings. The van der Waals surface area contributed by atoms with Crippen molar-refractivity contribution in [1.29, 1.82) is 0 Å². The molecule has 0 fully saturated rings. The van der Waals surface area contributed by atoms with Crippen LogP contribution in [0.1, 0.15) is 20.8 Å². The molecule has 0 N–H and O–H groups in total. The zero-order valence-electron chi connectivity index (χ0n) is 6.97. The highest BCUT2D eigenvalue weighted by atomic mass is 15.4. The van der Waals surface area contributed by atoms with E-state index in [1.807, 2.05) is 26.0 Å². The molecule has 9 heavy (non-hydrogen) atoms. The zero-order valence-corrected chi connectivity index (χ0v) is 6.97. The summed E-state index contributed by atoms with van der Waals surface area (Å²) in [5.74, 6) is 0.562. The van der Waals surface area contributed by atoms with Crippen molar-refractivity contribution in [2.75, 3.05) is 14.1 Å². The molecule has 0 aliphatic rings. The molecule has 54 valence electrons. The summed E-state index contributed by atoms with van der Waals surface area (Å²) in [5.41, 5.74) is 1.18. The van der Waals surface area contributed by atoms with E-state index in [1.165, 1.54) is 5.71 Å². The van der Waals surface area contributed by atoms with Gasteiger partial charge in [-0.2, -0.15) is 5.10 Å². The summed E-state index contributed by atoms with van der Waals surface area (Å²) in [7, 11) is 3.87. The van der Waals surface area contributed by atoms with Crippen LogP contribution in [0.25, 0.3) is 0 Å². The van der Waals surface area contributed by atoms with Gasteiger partial charge in [0.25, 0.3) is 0 Å². The molecule has 0 radical (unpaired) electrons. The van der Waals surface area contributed by atoms with Gasteiger partial charge < -0.3 is 5.01 Å². The smallest absolute Gasteiger partial charge is 0.0375 e. The van der Waals surface area contributed by atoms with Gasteiger partial charge in [0.15, 0.2) is 0 Å². The van der Waals surface area contributed by atoms with Gasteiger partial charge in [-0.25, -0.2) is 0 Å². The van der Waals surface area contributed by atoms with Crippen molar-refractivity contribution in [3.63, 3.8) is 0 Å². The summed E-state index contributed by atoms with van der Waals surface area (Å²) >= 11 is 0. The second kappa shape index (κ2) is 3.49. The van der Waals surface area contributed by atoms with Crippen LogP contribution in [0.2, 0.25) is 0 Å². The Morgan fingerprint density at radius 3 is 1.89 bits per heavy atom. The molecule has 0 aliphatic heterocycles. The van der Waals surface area contributed by atoms with E-state index in [1.54, 1.807) is 0 Å². The topological polar surface area (TPSA) is 15.6 Å². The van der Waals surface area contributed by atoms with Gasteiger partial charge in [0.2, 0.25) is 0 Å². The molecule has 0 amide bonds. The molecule has 0 aromatic heterocycles. The maximum atomic E-state index is 4.23. The first-order chi connectivity index (χ1) is 4.04. The third-order valence-electron chi connectivity index (χ3n) is 1.19. The van der Waals surface area contributed by atoms with Gasteiger partial charge in [-0.05, 0) is 12.8 Å². The molecule has 0 rings (SSSR count). The molecule has 0 saturated carbocycles. The molecular weight excluding hydrogens is 112 g/mol. The Hall–Kier alpha value is -0.530. The lowest BCUT2D eigenvalue weighted by atomic mass is 10.1. The standard InChI is InChI=1S/C7H16N2/c1-6(2)7(3)8-9(4)5/h6H,1-5H3/b8-7-. The summed E-state index contributed by atoms with van der Waals surface area (Å²) in [4.78, 5) is 0. The normalized spacial score (nSPS) is 12.4. The first-order valence-corrected chi connectivity index (χ1v) is 3.26. The highest BCUT2D eigenvalue weighted by Crippen LogP contribution is 1.95. The van der Waals surface area contributed by atoms with Crippen molar-refractivity contribution in [3.8, 4) is 0 Å². The maximum absolute atomic E-state index is 4.23. The summed E-state index contributed by atoms with van der Waals surface area (Å²) in [5, 5.41) is 6.06. The van der Waals surface area contributed by atoms with Crippen LogP contribution < -0.4 is 0 Å². The lowest BCUT2D eigenvalue weighted by molar-refractivity contribution is 0.433. The SMILES string of the molecule is C/C(=N/N(C)C)C(C)C. The Bertz CT molecular complexity index is 103. The molecular formula is C7H16N2. The summed E-state index contributed by atoms with van der Waals surface area (Å²) < 4.78 is 0. The van der Waals surface area contributed by atoms with Gasteiger partial charge in [-0.15, -0.1) is 0 Å². The third-order valence-corrected chi connectivity index (χ3v) is 1.19. The zero-order chi connectivity index (χ0) is 7.44. The maximum Gasteiger partial charge on any atom is 0.0375 e. The first-order valence-electron chi connectivity index (χ1n) is 3.26. The van der Waals surface area contributed by atoms with Crippen LogP contribution in [-0.2, 0) is 0 Å². The van der Waals surface area contributed by atoms with Gasteiger partial charge >= 0.3 is 0 Å². The summed E-state index contributed by atoms with van der Waals surface area (Å²) in [6, 6.07) is 0. The molecule has 2 heteroatoms. The third kappa shape index (κ3) is 4.01. The Kier molecular flexibility index (Phi) is 3.28. The average molecular weight is 128 g/mol. The molecule has 0 spiro atoms. The molecule has 0 saturated heterocycles. The predicted octanol–water partition coefficient (Wildman–Crippen LogP) is 1.58. The quantitative estimate of drug-likeness (QED) is 0.407. The molecule has 0 unspecified atom stereocenters. The van der Waals surface area contributed by atoms with Gasteiger partial charge in [-0.3, -0.25) is 0 Å². The average Bonchev–Trinajstić information content (AvgIpc) is 1.63. The first kappa shape index (κ1) is 8.47. The van der Waals surface area contributed by atoms with Crippen molar-refractivity contribution in [2.24, 2.45) is 11.0 Å². The van der Waals surface area contributed by atoms with Crippen molar-refractivity contribution in [2.45, 2.75) is 20.8 Å². The van der Waals surface area contributed by atoms with E-state index in [2.05, 4.69) is 18.9 Å². The van der Waals surface area contributed by atoms with Crippen LogP contribution in [0.15, 0.2) is 5.10 Å². The van der Waals surface area contributed by atoms with E-state index < -0.39 is 0 Å². The van der Waals surface area contributed by atoms with Crippen LogP contribution in [0, 0.1) is 5.92 Å². The molecule has 0 aliphatic carbocycles. The van der Waals surface area contributed by atoms with Crippen LogP contribution >= 0.6 is 0 Å². The van der Waals surface area contributed by atoms with E-state index in [4.69, 9.17) is 0 Å². The molecule has 0 bridgehead atoms. The molecule has 2 nitrogen and oxygen atoms in total. The van der Waals surface area contributed by atoms with Crippen molar-refractivity contribution in [1.82, 2.24) is 5.01 Å². The lowest BCUT2D eigenvalue weighted by Crippen LogP contribution is -2.10. The number of hydrogen-bond acceptors (Lipinski definition) is 2. The lowest BCUT2D eigenvalue weighted by Gasteiger charge is -2.08. The van der Waals surface area contributed by atoms with Crippen LogP contribution in [0.3, 0.4) is 0 Å². The van der Waals surface area contributed by atoms with E-state index in [0.29, 0.717) is 5.92 Å². The van der Waals surface area contributed by atoms with Gasteiger partial charge in [0.1, 0.15) is 0 Å². The second-order valence-corrected chi connectivity index (χ2v) is 2.74. The summed E-state index contributed by atoms with van der Waals surface area (Å²) in [6.45, 7) is 6.33. The molecule has 0 heterocycles. The minimum absolute atomic E-state index is 0.562. The van der Waals surface area contributed by atoms with Crippen molar-refractivity contribution in [3.05, 3.63) is 0 Å². The monoisotopic (exact) mass is 128 g/mol.